The molecule has 5 aromatic rings. The second-order valence-electron chi connectivity index (χ2n) is 8.90. The molecule has 0 aliphatic rings. The van der Waals surface area contributed by atoms with Gasteiger partial charge in [0.05, 0.1) is 19.2 Å². The largest absolute Gasteiger partial charge is 0.506 e. The number of benzene rings is 2. The topological polar surface area (TPSA) is 129 Å². The van der Waals surface area contributed by atoms with Crippen molar-refractivity contribution in [3.05, 3.63) is 112 Å². The van der Waals surface area contributed by atoms with Crippen LogP contribution in [0, 0.1) is 0 Å². The van der Waals surface area contributed by atoms with Crippen LogP contribution in [0.4, 0.5) is 0 Å². The molecule has 0 bridgehead atoms. The lowest BCUT2D eigenvalue weighted by atomic mass is 10.0. The number of pyridine rings is 1. The van der Waals surface area contributed by atoms with Gasteiger partial charge in [0.15, 0.2) is 0 Å². The number of aromatic carboxylic acids is 1. The summed E-state index contributed by atoms with van der Waals surface area (Å²) in [5, 5.41) is 19.5. The first-order valence-corrected chi connectivity index (χ1v) is 13.3. The molecule has 3 aromatic heterocycles. The Labute approximate surface area is 244 Å². The van der Waals surface area contributed by atoms with E-state index < -0.39 is 5.97 Å². The van der Waals surface area contributed by atoms with E-state index >= 15 is 0 Å². The number of nitrogens with zero attached hydrogens (tertiary/aromatic N) is 4. The standard InChI is InChI=1S/C30H25BrN4O6/c1-39-27-24(16-35-15-22(36)13-25(35)29(37)38)28(40-17-19-7-6-12-32-14-19)34-30(33-27)41-18-21-10-5-11-23(26(21)31)20-8-3-2-4-9-20/h2-15,36H,16-18H2,1H3,(H,37,38). The van der Waals surface area contributed by atoms with Gasteiger partial charge in [0, 0.05) is 40.3 Å². The Bertz CT molecular complexity index is 1660. The van der Waals surface area contributed by atoms with Crippen LogP contribution in [0.3, 0.4) is 0 Å². The highest BCUT2D eigenvalue weighted by atomic mass is 79.9. The number of aromatic hydroxyl groups is 1. The fourth-order valence-electron chi connectivity index (χ4n) is 4.20. The van der Waals surface area contributed by atoms with E-state index in [0.29, 0.717) is 5.56 Å². The van der Waals surface area contributed by atoms with Gasteiger partial charge < -0.3 is 29.0 Å². The minimum atomic E-state index is -1.20. The van der Waals surface area contributed by atoms with Gasteiger partial charge in [-0.1, -0.05) is 54.6 Å². The number of rotatable bonds is 11. The van der Waals surface area contributed by atoms with Crippen LogP contribution in [0.5, 0.6) is 23.5 Å². The molecule has 0 fully saturated rings. The van der Waals surface area contributed by atoms with Crippen LogP contribution < -0.4 is 14.2 Å². The molecule has 0 aliphatic heterocycles. The molecule has 11 heteroatoms. The smallest absolute Gasteiger partial charge is 0.352 e. The Balaban J connectivity index is 1.46. The maximum absolute atomic E-state index is 11.7. The Morgan fingerprint density at radius 3 is 2.51 bits per heavy atom. The molecular weight excluding hydrogens is 592 g/mol. The third kappa shape index (κ3) is 6.47. The molecule has 0 saturated carbocycles. The lowest BCUT2D eigenvalue weighted by molar-refractivity contribution is 0.0685. The number of halogens is 1. The van der Waals surface area contributed by atoms with Gasteiger partial charge in [-0.3, -0.25) is 4.98 Å². The molecule has 0 aliphatic carbocycles. The lowest BCUT2D eigenvalue weighted by Gasteiger charge is -2.17. The summed E-state index contributed by atoms with van der Waals surface area (Å²) in [5.74, 6) is -1.12. The average Bonchev–Trinajstić information content (AvgIpc) is 3.37. The van der Waals surface area contributed by atoms with Crippen LogP contribution in [0.1, 0.15) is 27.2 Å². The zero-order valence-electron chi connectivity index (χ0n) is 21.9. The van der Waals surface area contributed by atoms with E-state index in [0.717, 1.165) is 32.8 Å². The molecule has 0 spiro atoms. The van der Waals surface area contributed by atoms with Gasteiger partial charge in [0.25, 0.3) is 0 Å². The number of carboxylic acid groups (broad SMARTS) is 1. The van der Waals surface area contributed by atoms with Crippen LogP contribution in [0.15, 0.2) is 89.8 Å². The minimum absolute atomic E-state index is 0.0117. The summed E-state index contributed by atoms with van der Waals surface area (Å²) in [6.45, 7) is 0.243. The van der Waals surface area contributed by atoms with E-state index in [4.69, 9.17) is 14.2 Å². The van der Waals surface area contributed by atoms with Crippen molar-refractivity contribution in [2.24, 2.45) is 0 Å². The Hall–Kier alpha value is -4.90. The molecule has 10 nitrogen and oxygen atoms in total. The van der Waals surface area contributed by atoms with Crippen LogP contribution >= 0.6 is 15.9 Å². The van der Waals surface area contributed by atoms with Crippen molar-refractivity contribution in [3.8, 4) is 34.6 Å². The van der Waals surface area contributed by atoms with Crippen molar-refractivity contribution < 1.29 is 29.2 Å². The highest BCUT2D eigenvalue weighted by molar-refractivity contribution is 9.10. The van der Waals surface area contributed by atoms with Gasteiger partial charge in [-0.25, -0.2) is 4.79 Å². The van der Waals surface area contributed by atoms with Crippen molar-refractivity contribution in [2.45, 2.75) is 19.8 Å². The van der Waals surface area contributed by atoms with Crippen molar-refractivity contribution >= 4 is 21.9 Å². The maximum atomic E-state index is 11.7. The maximum Gasteiger partial charge on any atom is 0.352 e. The first-order chi connectivity index (χ1) is 19.9. The van der Waals surface area contributed by atoms with Gasteiger partial charge in [-0.15, -0.1) is 0 Å². The number of carbonyl (C=O) groups is 1. The number of ether oxygens (including phenoxy) is 3. The van der Waals surface area contributed by atoms with E-state index in [9.17, 15) is 15.0 Å². The highest BCUT2D eigenvalue weighted by Gasteiger charge is 2.22. The van der Waals surface area contributed by atoms with Crippen LogP contribution in [-0.4, -0.2) is 42.8 Å². The second kappa shape index (κ2) is 12.5. The Morgan fingerprint density at radius 1 is 0.976 bits per heavy atom. The summed E-state index contributed by atoms with van der Waals surface area (Å²) in [5.41, 5.74) is 4.01. The number of aromatic nitrogens is 4. The molecule has 0 saturated heterocycles. The van der Waals surface area contributed by atoms with Gasteiger partial charge in [0.1, 0.15) is 24.7 Å². The molecule has 0 amide bonds. The molecule has 2 aromatic carbocycles. The van der Waals surface area contributed by atoms with Gasteiger partial charge in [-0.05, 0) is 33.1 Å². The highest BCUT2D eigenvalue weighted by Crippen LogP contribution is 2.33. The Kier molecular flexibility index (Phi) is 8.44. The summed E-state index contributed by atoms with van der Waals surface area (Å²) in [7, 11) is 1.44. The van der Waals surface area contributed by atoms with Crippen LogP contribution in [0.2, 0.25) is 0 Å². The van der Waals surface area contributed by atoms with Crippen LogP contribution in [0.25, 0.3) is 11.1 Å². The van der Waals surface area contributed by atoms with E-state index in [2.05, 4.69) is 30.9 Å². The monoisotopic (exact) mass is 616 g/mol. The Morgan fingerprint density at radius 2 is 1.78 bits per heavy atom. The fraction of sp³-hybridized carbons (Fsp3) is 0.133. The van der Waals surface area contributed by atoms with E-state index in [1.54, 1.807) is 18.5 Å². The van der Waals surface area contributed by atoms with E-state index in [1.807, 2.05) is 54.6 Å². The quantitative estimate of drug-likeness (QED) is 0.191. The van der Waals surface area contributed by atoms with Crippen molar-refractivity contribution in [3.63, 3.8) is 0 Å². The molecule has 3 heterocycles. The van der Waals surface area contributed by atoms with Crippen molar-refractivity contribution in [2.75, 3.05) is 7.11 Å². The molecule has 208 valence electrons. The molecule has 41 heavy (non-hydrogen) atoms. The average molecular weight is 617 g/mol. The van der Waals surface area contributed by atoms with Gasteiger partial charge in [-0.2, -0.15) is 9.97 Å². The summed E-state index contributed by atoms with van der Waals surface area (Å²) in [4.78, 5) is 24.8. The van der Waals surface area contributed by atoms with Gasteiger partial charge in [0.2, 0.25) is 11.8 Å². The molecule has 2 N–H and O–H groups in total. The summed E-state index contributed by atoms with van der Waals surface area (Å²) < 4.78 is 19.8. The first-order valence-electron chi connectivity index (χ1n) is 12.5. The summed E-state index contributed by atoms with van der Waals surface area (Å²) >= 11 is 3.71. The lowest BCUT2D eigenvalue weighted by Crippen LogP contribution is -2.13. The predicted molar refractivity (Wildman–Crippen MR) is 153 cm³/mol. The molecule has 0 radical (unpaired) electrons. The normalized spacial score (nSPS) is 10.8. The van der Waals surface area contributed by atoms with Crippen molar-refractivity contribution in [1.29, 1.82) is 0 Å². The fourth-order valence-corrected chi connectivity index (χ4v) is 4.81. The zero-order valence-corrected chi connectivity index (χ0v) is 23.5. The molecular formula is C30H25BrN4O6. The summed E-state index contributed by atoms with van der Waals surface area (Å²) in [6.07, 6.45) is 4.63. The number of hydrogen-bond donors (Lipinski definition) is 2. The third-order valence-corrected chi connectivity index (χ3v) is 7.09. The number of carboxylic acids is 1. The SMILES string of the molecule is COc1nc(OCc2cccc(-c3ccccc3)c2Br)nc(OCc2cccnc2)c1Cn1cc(O)cc1C(=O)O. The molecule has 0 atom stereocenters. The molecule has 0 unspecified atom stereocenters. The van der Waals surface area contributed by atoms with Crippen LogP contribution in [-0.2, 0) is 19.8 Å². The predicted octanol–water partition coefficient (Wildman–Crippen LogP) is 5.72. The number of hydrogen-bond acceptors (Lipinski definition) is 8. The van der Waals surface area contributed by atoms with E-state index in [-0.39, 0.29) is 49.0 Å². The summed E-state index contributed by atoms with van der Waals surface area (Å²) in [6, 6.07) is 20.7. The first kappa shape index (κ1) is 27.7. The van der Waals surface area contributed by atoms with E-state index in [1.165, 1.54) is 17.9 Å². The second-order valence-corrected chi connectivity index (χ2v) is 9.69. The minimum Gasteiger partial charge on any atom is -0.506 e. The molecule has 5 rings (SSSR count). The number of methoxy groups -OCH3 is 1. The third-order valence-electron chi connectivity index (χ3n) is 6.15. The van der Waals surface area contributed by atoms with Crippen molar-refractivity contribution in [1.82, 2.24) is 19.5 Å². The van der Waals surface area contributed by atoms with Gasteiger partial charge >= 0.3 is 12.0 Å². The zero-order chi connectivity index (χ0) is 28.8.